The predicted octanol–water partition coefficient (Wildman–Crippen LogP) is 3.10. The van der Waals surface area contributed by atoms with Crippen LogP contribution in [0.2, 0.25) is 5.02 Å². The summed E-state index contributed by atoms with van der Waals surface area (Å²) in [6.07, 6.45) is 8.73. The summed E-state index contributed by atoms with van der Waals surface area (Å²) in [4.78, 5) is 19.2. The molecule has 1 saturated carbocycles. The molecule has 1 spiro atoms. The van der Waals surface area contributed by atoms with E-state index in [0.717, 1.165) is 62.4 Å². The van der Waals surface area contributed by atoms with Crippen molar-refractivity contribution in [2.24, 2.45) is 5.92 Å². The molecule has 5 aliphatic rings. The molecule has 6 unspecified atom stereocenters. The highest BCUT2D eigenvalue weighted by molar-refractivity contribution is 6.30. The molecular formula is C31H43ClN6O3. The normalized spacial score (nSPS) is 35.8. The van der Waals surface area contributed by atoms with Gasteiger partial charge in [-0.25, -0.2) is 0 Å². The Kier molecular flexibility index (Phi) is 8.60. The van der Waals surface area contributed by atoms with Crippen LogP contribution in [0.4, 0.5) is 0 Å². The van der Waals surface area contributed by atoms with E-state index in [9.17, 15) is 10.1 Å². The molecule has 3 saturated heterocycles. The zero-order chi connectivity index (χ0) is 28.6. The number of ether oxygens (including phenoxy) is 2. The Balaban J connectivity index is 1.20. The van der Waals surface area contributed by atoms with Crippen LogP contribution in [-0.4, -0.2) is 96.7 Å². The Bertz CT molecular complexity index is 1180. The maximum atomic E-state index is 12.5. The van der Waals surface area contributed by atoms with Crippen LogP contribution < -0.4 is 15.4 Å². The summed E-state index contributed by atoms with van der Waals surface area (Å²) in [7, 11) is 2.18. The molecule has 1 aromatic carbocycles. The second-order valence-electron chi connectivity index (χ2n) is 12.6. The highest BCUT2D eigenvalue weighted by Gasteiger charge is 2.51. The number of amides is 1. The highest BCUT2D eigenvalue weighted by Crippen LogP contribution is 2.46. The second kappa shape index (κ2) is 12.2. The first-order valence-electron chi connectivity index (χ1n) is 15.2. The van der Waals surface area contributed by atoms with Crippen LogP contribution in [0.1, 0.15) is 50.5 Å². The van der Waals surface area contributed by atoms with Gasteiger partial charge < -0.3 is 19.3 Å². The van der Waals surface area contributed by atoms with Crippen molar-refractivity contribution in [1.29, 1.82) is 5.26 Å². The lowest BCUT2D eigenvalue weighted by Crippen LogP contribution is -2.73. The first kappa shape index (κ1) is 28.9. The number of piperazine rings is 1. The molecule has 41 heavy (non-hydrogen) atoms. The first-order chi connectivity index (χ1) is 19.9. The van der Waals surface area contributed by atoms with Gasteiger partial charge in [-0.15, -0.1) is 0 Å². The van der Waals surface area contributed by atoms with Crippen LogP contribution in [0.5, 0.6) is 5.75 Å². The van der Waals surface area contributed by atoms with Crippen LogP contribution in [0.3, 0.4) is 0 Å². The average Bonchev–Trinajstić information content (AvgIpc) is 3.39. The topological polar surface area (TPSA) is 93.1 Å². The number of likely N-dealkylation sites (tertiary alicyclic amines) is 1. The largest absolute Gasteiger partial charge is 0.487 e. The molecule has 10 heteroatoms. The van der Waals surface area contributed by atoms with Crippen molar-refractivity contribution in [3.63, 3.8) is 0 Å². The number of carbonyl (C=O) groups is 1. The molecule has 9 nitrogen and oxygen atoms in total. The number of hydrogen-bond donors (Lipinski definition) is 2. The van der Waals surface area contributed by atoms with Crippen LogP contribution in [0.25, 0.3) is 0 Å². The minimum Gasteiger partial charge on any atom is -0.487 e. The molecule has 222 valence electrons. The van der Waals surface area contributed by atoms with Crippen LogP contribution in [0.15, 0.2) is 30.9 Å². The number of benzene rings is 1. The number of aryl methyl sites for hydroxylation is 1. The molecule has 6 rings (SSSR count). The number of nitrogens with zero attached hydrogens (tertiary/aromatic N) is 4. The SMILES string of the molecule is C=CC(=O)N1CCN(C2NC(OCC3CCCN3C)NC3C[C@@]4(CCc5cc(Cl)ccc5O4)CCC32)CC1CC#N. The van der Waals surface area contributed by atoms with E-state index < -0.39 is 0 Å². The fourth-order valence-corrected chi connectivity index (χ4v) is 8.06. The maximum absolute atomic E-state index is 12.5. The third-order valence-electron chi connectivity index (χ3n) is 10.2. The molecule has 4 fully saturated rings. The number of fused-ring (bicyclic) bond motifs is 2. The van der Waals surface area contributed by atoms with Crippen molar-refractivity contribution in [3.8, 4) is 11.8 Å². The monoisotopic (exact) mass is 582 g/mol. The van der Waals surface area contributed by atoms with Gasteiger partial charge in [0.15, 0.2) is 6.35 Å². The van der Waals surface area contributed by atoms with Crippen molar-refractivity contribution in [2.45, 2.75) is 87.6 Å². The Morgan fingerprint density at radius 1 is 1.27 bits per heavy atom. The zero-order valence-corrected chi connectivity index (χ0v) is 24.8. The minimum absolute atomic E-state index is 0.0850. The van der Waals surface area contributed by atoms with Crippen LogP contribution >= 0.6 is 11.6 Å². The summed E-state index contributed by atoms with van der Waals surface area (Å²) in [5, 5.41) is 17.9. The van der Waals surface area contributed by atoms with E-state index in [1.165, 1.54) is 18.1 Å². The van der Waals surface area contributed by atoms with Crippen molar-refractivity contribution < 1.29 is 14.3 Å². The smallest absolute Gasteiger partial charge is 0.246 e. The number of nitrogens with one attached hydrogen (secondary N) is 2. The van der Waals surface area contributed by atoms with Gasteiger partial charge in [0.2, 0.25) is 5.91 Å². The van der Waals surface area contributed by atoms with Crippen LogP contribution in [0, 0.1) is 17.2 Å². The minimum atomic E-state index is -0.276. The molecule has 2 N–H and O–H groups in total. The van der Waals surface area contributed by atoms with E-state index >= 15 is 0 Å². The number of nitriles is 1. The van der Waals surface area contributed by atoms with E-state index in [1.54, 1.807) is 0 Å². The number of halogens is 1. The second-order valence-corrected chi connectivity index (χ2v) is 13.0. The van der Waals surface area contributed by atoms with Crippen molar-refractivity contribution in [2.75, 3.05) is 39.8 Å². The standard InChI is InChI=1S/C31H43ClN6O3/c1-3-28(39)38-16-15-37(19-23(38)10-13-33)29-25-9-12-31(11-8-21-17-22(32)6-7-27(21)41-31)18-26(25)34-30(35-29)40-20-24-5-4-14-36(24)2/h3,6-7,17,23-26,29-30,34-35H,1,4-5,8-12,14-16,18-20H2,2H3/t23?,24?,25?,26?,29?,30?,31-/m1/s1. The maximum Gasteiger partial charge on any atom is 0.246 e. The molecule has 0 bridgehead atoms. The summed E-state index contributed by atoms with van der Waals surface area (Å²) in [5.41, 5.74) is 0.990. The number of rotatable bonds is 6. The van der Waals surface area contributed by atoms with E-state index in [0.29, 0.717) is 38.1 Å². The van der Waals surface area contributed by atoms with Crippen LogP contribution in [-0.2, 0) is 16.0 Å². The molecule has 1 amide bonds. The fourth-order valence-electron chi connectivity index (χ4n) is 7.87. The third kappa shape index (κ3) is 6.01. The molecule has 4 heterocycles. The molecule has 0 aromatic heterocycles. The third-order valence-corrected chi connectivity index (χ3v) is 10.4. The van der Waals surface area contributed by atoms with E-state index in [4.69, 9.17) is 21.1 Å². The summed E-state index contributed by atoms with van der Waals surface area (Å²) in [5.74, 6) is 1.22. The lowest BCUT2D eigenvalue weighted by Gasteiger charge is -2.55. The fraction of sp³-hybridized carbons (Fsp3) is 0.677. The van der Waals surface area contributed by atoms with Gasteiger partial charge in [0.05, 0.1) is 31.3 Å². The van der Waals surface area contributed by atoms with Gasteiger partial charge in [0, 0.05) is 49.1 Å². The Labute approximate surface area is 248 Å². The van der Waals surface area contributed by atoms with E-state index in [2.05, 4.69) is 40.1 Å². The summed E-state index contributed by atoms with van der Waals surface area (Å²) < 4.78 is 13.3. The Morgan fingerprint density at radius 2 is 2.15 bits per heavy atom. The van der Waals surface area contributed by atoms with Gasteiger partial charge >= 0.3 is 0 Å². The van der Waals surface area contributed by atoms with E-state index in [-0.39, 0.29) is 36.1 Å². The number of likely N-dealkylation sites (N-methyl/N-ethyl adjacent to an activating group) is 1. The van der Waals surface area contributed by atoms with Crippen molar-refractivity contribution in [3.05, 3.63) is 41.4 Å². The highest BCUT2D eigenvalue weighted by atomic mass is 35.5. The van der Waals surface area contributed by atoms with Crippen molar-refractivity contribution in [1.82, 2.24) is 25.3 Å². The summed E-state index contributed by atoms with van der Waals surface area (Å²) in [6, 6.07) is 8.78. The summed E-state index contributed by atoms with van der Waals surface area (Å²) >= 11 is 6.26. The molecular weight excluding hydrogens is 540 g/mol. The first-order valence-corrected chi connectivity index (χ1v) is 15.6. The quantitative estimate of drug-likeness (QED) is 0.495. The van der Waals surface area contributed by atoms with Gasteiger partial charge in [-0.2, -0.15) is 5.26 Å². The Hall–Kier alpha value is -2.19. The molecule has 1 aromatic rings. The average molecular weight is 583 g/mol. The molecule has 4 aliphatic heterocycles. The Morgan fingerprint density at radius 3 is 2.93 bits per heavy atom. The van der Waals surface area contributed by atoms with Gasteiger partial charge in [-0.1, -0.05) is 18.2 Å². The zero-order valence-electron chi connectivity index (χ0n) is 24.1. The van der Waals surface area contributed by atoms with Gasteiger partial charge in [-0.05, 0) is 82.0 Å². The van der Waals surface area contributed by atoms with Crippen molar-refractivity contribution >= 4 is 17.5 Å². The van der Waals surface area contributed by atoms with Gasteiger partial charge in [0.25, 0.3) is 0 Å². The van der Waals surface area contributed by atoms with E-state index in [1.807, 2.05) is 23.1 Å². The van der Waals surface area contributed by atoms with Gasteiger partial charge in [-0.3, -0.25) is 20.3 Å². The number of hydrogen-bond acceptors (Lipinski definition) is 8. The van der Waals surface area contributed by atoms with Gasteiger partial charge in [0.1, 0.15) is 11.4 Å². The molecule has 1 aliphatic carbocycles. The molecule has 0 radical (unpaired) electrons. The number of carbonyl (C=O) groups excluding carboxylic acids is 1. The lowest BCUT2D eigenvalue weighted by molar-refractivity contribution is -0.139. The lowest BCUT2D eigenvalue weighted by atomic mass is 9.70. The predicted molar refractivity (Wildman–Crippen MR) is 157 cm³/mol. The molecule has 7 atom stereocenters. The summed E-state index contributed by atoms with van der Waals surface area (Å²) in [6.45, 7) is 7.46.